The number of fused-ring (bicyclic) bond motifs is 1. The molecular weight excluding hydrogens is 256 g/mol. The largest absolute Gasteiger partial charge is 0.507 e. The number of aromatic amines is 1. The summed E-state index contributed by atoms with van der Waals surface area (Å²) in [7, 11) is 1.61. The highest BCUT2D eigenvalue weighted by Gasteiger charge is 2.18. The van der Waals surface area contributed by atoms with Gasteiger partial charge < -0.3 is 10.2 Å². The molecular formula is C15H14N2O3. The Morgan fingerprint density at radius 2 is 1.80 bits per heavy atom. The van der Waals surface area contributed by atoms with Crippen LogP contribution in [0, 0.1) is 6.92 Å². The van der Waals surface area contributed by atoms with Crippen molar-refractivity contribution >= 4 is 10.8 Å². The lowest BCUT2D eigenvalue weighted by atomic mass is 9.99. The first-order valence-electron chi connectivity index (χ1n) is 6.20. The van der Waals surface area contributed by atoms with Crippen LogP contribution in [0.25, 0.3) is 21.9 Å². The molecule has 0 bridgehead atoms. The second kappa shape index (κ2) is 4.16. The van der Waals surface area contributed by atoms with Gasteiger partial charge in [0.25, 0.3) is 5.56 Å². The third kappa shape index (κ3) is 1.60. The molecule has 5 heteroatoms. The van der Waals surface area contributed by atoms with Crippen LogP contribution in [0.15, 0.2) is 35.1 Å². The number of benzene rings is 2. The first-order valence-corrected chi connectivity index (χ1v) is 6.20. The molecule has 3 rings (SSSR count). The molecule has 0 aliphatic carbocycles. The van der Waals surface area contributed by atoms with Crippen molar-refractivity contribution in [2.24, 2.45) is 7.05 Å². The topological polar surface area (TPSA) is 78.2 Å². The van der Waals surface area contributed by atoms with Crippen LogP contribution in [0.1, 0.15) is 5.69 Å². The zero-order valence-electron chi connectivity index (χ0n) is 11.1. The minimum absolute atomic E-state index is 0.00167. The van der Waals surface area contributed by atoms with Gasteiger partial charge in [0.1, 0.15) is 11.5 Å². The fourth-order valence-corrected chi connectivity index (χ4v) is 2.53. The lowest BCUT2D eigenvalue weighted by Gasteiger charge is -2.09. The predicted octanol–water partition coefficient (Wildman–Crippen LogP) is 2.25. The molecule has 0 radical (unpaired) electrons. The lowest BCUT2D eigenvalue weighted by molar-refractivity contribution is 0.471. The maximum atomic E-state index is 12.1. The van der Waals surface area contributed by atoms with Crippen LogP contribution < -0.4 is 5.56 Å². The number of hydrogen-bond acceptors (Lipinski definition) is 3. The summed E-state index contributed by atoms with van der Waals surface area (Å²) < 4.78 is 1.34. The van der Waals surface area contributed by atoms with E-state index in [1.165, 1.54) is 10.7 Å². The summed E-state index contributed by atoms with van der Waals surface area (Å²) in [5.41, 5.74) is 1.10. The van der Waals surface area contributed by atoms with E-state index in [1.807, 2.05) is 0 Å². The number of rotatable bonds is 1. The van der Waals surface area contributed by atoms with Crippen molar-refractivity contribution in [3.8, 4) is 22.6 Å². The SMILES string of the molecule is Cc1[nH]n(C)c(=O)c1-c1cc(O)c2ccccc2c1O. The zero-order chi connectivity index (χ0) is 14.4. The number of H-pyrrole nitrogens is 1. The Morgan fingerprint density at radius 1 is 1.15 bits per heavy atom. The van der Waals surface area contributed by atoms with Gasteiger partial charge in [-0.1, -0.05) is 24.3 Å². The van der Waals surface area contributed by atoms with Crippen LogP contribution in [-0.4, -0.2) is 20.0 Å². The van der Waals surface area contributed by atoms with E-state index < -0.39 is 0 Å². The summed E-state index contributed by atoms with van der Waals surface area (Å²) in [6.45, 7) is 1.75. The predicted molar refractivity (Wildman–Crippen MR) is 77.0 cm³/mol. The van der Waals surface area contributed by atoms with Crippen molar-refractivity contribution in [2.75, 3.05) is 0 Å². The van der Waals surface area contributed by atoms with E-state index in [2.05, 4.69) is 5.10 Å². The van der Waals surface area contributed by atoms with E-state index in [4.69, 9.17) is 0 Å². The molecule has 5 nitrogen and oxygen atoms in total. The van der Waals surface area contributed by atoms with Gasteiger partial charge in [0, 0.05) is 29.1 Å². The van der Waals surface area contributed by atoms with Crippen molar-refractivity contribution < 1.29 is 10.2 Å². The molecule has 0 aliphatic rings. The number of nitrogens with zero attached hydrogens (tertiary/aromatic N) is 1. The van der Waals surface area contributed by atoms with E-state index in [9.17, 15) is 15.0 Å². The molecule has 1 aromatic heterocycles. The van der Waals surface area contributed by atoms with E-state index in [0.29, 0.717) is 27.6 Å². The second-order valence-electron chi connectivity index (χ2n) is 4.81. The molecule has 20 heavy (non-hydrogen) atoms. The fourth-order valence-electron chi connectivity index (χ4n) is 2.53. The number of nitrogens with one attached hydrogen (secondary N) is 1. The smallest absolute Gasteiger partial charge is 0.274 e. The van der Waals surface area contributed by atoms with Crippen LogP contribution in [0.3, 0.4) is 0 Å². The summed E-state index contributed by atoms with van der Waals surface area (Å²) >= 11 is 0. The van der Waals surface area contributed by atoms with Crippen molar-refractivity contribution in [3.63, 3.8) is 0 Å². The van der Waals surface area contributed by atoms with Crippen molar-refractivity contribution in [3.05, 3.63) is 46.4 Å². The number of aromatic nitrogens is 2. The molecule has 102 valence electrons. The van der Waals surface area contributed by atoms with Gasteiger partial charge in [0.2, 0.25) is 0 Å². The van der Waals surface area contributed by atoms with Gasteiger partial charge in [-0.15, -0.1) is 0 Å². The van der Waals surface area contributed by atoms with Crippen molar-refractivity contribution in [1.82, 2.24) is 9.78 Å². The van der Waals surface area contributed by atoms with Gasteiger partial charge in [-0.3, -0.25) is 14.6 Å². The standard InChI is InChI=1S/C15H14N2O3/c1-8-13(15(20)17(2)16-8)11-7-12(18)9-5-3-4-6-10(9)14(11)19/h3-7,16,18-19H,1-2H3. The molecule has 1 heterocycles. The Morgan fingerprint density at radius 3 is 2.40 bits per heavy atom. The molecule has 0 aliphatic heterocycles. The molecule has 0 spiro atoms. The van der Waals surface area contributed by atoms with Gasteiger partial charge in [-0.2, -0.15) is 0 Å². The highest BCUT2D eigenvalue weighted by atomic mass is 16.3. The quantitative estimate of drug-likeness (QED) is 0.593. The second-order valence-corrected chi connectivity index (χ2v) is 4.81. The summed E-state index contributed by atoms with van der Waals surface area (Å²) in [5.74, 6) is 0.0363. The summed E-state index contributed by atoms with van der Waals surface area (Å²) in [4.78, 5) is 12.1. The Balaban J connectivity index is 2.44. The van der Waals surface area contributed by atoms with Crippen LogP contribution in [-0.2, 0) is 7.05 Å². The van der Waals surface area contributed by atoms with Crippen molar-refractivity contribution in [1.29, 1.82) is 0 Å². The summed E-state index contributed by atoms with van der Waals surface area (Å²) in [5, 5.41) is 24.5. The van der Waals surface area contributed by atoms with E-state index >= 15 is 0 Å². The number of phenols is 2. The lowest BCUT2D eigenvalue weighted by Crippen LogP contribution is -2.13. The van der Waals surface area contributed by atoms with E-state index in [-0.39, 0.29) is 17.1 Å². The first kappa shape index (κ1) is 12.3. The molecule has 3 aromatic rings. The number of hydrogen-bond donors (Lipinski definition) is 3. The van der Waals surface area contributed by atoms with E-state index in [1.54, 1.807) is 38.2 Å². The fraction of sp³-hybridized carbons (Fsp3) is 0.133. The Kier molecular flexibility index (Phi) is 2.57. The average Bonchev–Trinajstić information content (AvgIpc) is 2.68. The molecule has 0 saturated heterocycles. The summed E-state index contributed by atoms with van der Waals surface area (Å²) in [6, 6.07) is 8.40. The molecule has 3 N–H and O–H groups in total. The van der Waals surface area contributed by atoms with Crippen LogP contribution in [0.5, 0.6) is 11.5 Å². The van der Waals surface area contributed by atoms with Crippen molar-refractivity contribution in [2.45, 2.75) is 6.92 Å². The summed E-state index contributed by atoms with van der Waals surface area (Å²) in [6.07, 6.45) is 0. The van der Waals surface area contributed by atoms with Gasteiger partial charge >= 0.3 is 0 Å². The van der Waals surface area contributed by atoms with Crippen LogP contribution in [0.2, 0.25) is 0 Å². The Bertz CT molecular complexity index is 875. The molecule has 0 unspecified atom stereocenters. The first-order chi connectivity index (χ1) is 9.50. The normalized spacial score (nSPS) is 11.1. The molecule has 0 fully saturated rings. The molecule has 0 amide bonds. The Hall–Kier alpha value is -2.69. The third-order valence-electron chi connectivity index (χ3n) is 3.49. The third-order valence-corrected chi connectivity index (χ3v) is 3.49. The maximum absolute atomic E-state index is 12.1. The van der Waals surface area contributed by atoms with Gasteiger partial charge in [-0.25, -0.2) is 0 Å². The monoisotopic (exact) mass is 270 g/mol. The molecule has 0 atom stereocenters. The highest BCUT2D eigenvalue weighted by Crippen LogP contribution is 2.40. The number of phenolic OH excluding ortho intramolecular Hbond substituents is 2. The number of aryl methyl sites for hydroxylation is 2. The Labute approximate surface area is 114 Å². The maximum Gasteiger partial charge on any atom is 0.274 e. The van der Waals surface area contributed by atoms with Gasteiger partial charge in [0.05, 0.1) is 5.56 Å². The number of aromatic hydroxyl groups is 2. The minimum atomic E-state index is -0.243. The average molecular weight is 270 g/mol. The highest BCUT2D eigenvalue weighted by molar-refractivity contribution is 5.98. The van der Waals surface area contributed by atoms with Gasteiger partial charge in [0.15, 0.2) is 0 Å². The molecule has 2 aromatic carbocycles. The van der Waals surface area contributed by atoms with Gasteiger partial charge in [-0.05, 0) is 13.0 Å². The minimum Gasteiger partial charge on any atom is -0.507 e. The zero-order valence-corrected chi connectivity index (χ0v) is 11.1. The molecule has 0 saturated carbocycles. The van der Waals surface area contributed by atoms with Crippen LogP contribution >= 0.6 is 0 Å². The van der Waals surface area contributed by atoms with E-state index in [0.717, 1.165) is 0 Å². The van der Waals surface area contributed by atoms with Crippen LogP contribution in [0.4, 0.5) is 0 Å².